The van der Waals surface area contributed by atoms with Crippen molar-refractivity contribution in [2.24, 2.45) is 0 Å². The molecule has 0 bridgehead atoms. The number of nitro groups is 1. The summed E-state index contributed by atoms with van der Waals surface area (Å²) in [6.07, 6.45) is 0.959. The number of carbonyl (C=O) groups excluding carboxylic acids is 1. The van der Waals surface area contributed by atoms with Gasteiger partial charge >= 0.3 is 0 Å². The molecule has 3 rings (SSSR count). The molecule has 1 saturated heterocycles. The van der Waals surface area contributed by atoms with Gasteiger partial charge in [0.25, 0.3) is 11.6 Å². The van der Waals surface area contributed by atoms with Crippen molar-refractivity contribution < 1.29 is 9.72 Å². The van der Waals surface area contributed by atoms with Gasteiger partial charge < -0.3 is 16.0 Å². The number of nitrogens with two attached hydrogens (primary N) is 1. The molecule has 1 heterocycles. The van der Waals surface area contributed by atoms with E-state index in [1.54, 1.807) is 11.0 Å². The monoisotopic (exact) mass is 390 g/mol. The minimum atomic E-state index is -0.565. The highest BCUT2D eigenvalue weighted by Crippen LogP contribution is 2.27. The molecule has 27 heavy (non-hydrogen) atoms. The highest BCUT2D eigenvalue weighted by Gasteiger charge is 2.29. The Labute approximate surface area is 164 Å². The van der Waals surface area contributed by atoms with Crippen molar-refractivity contribution in [3.8, 4) is 0 Å². The number of aryl methyl sites for hydroxylation is 1. The number of halogens is 1. The summed E-state index contributed by atoms with van der Waals surface area (Å²) in [5.74, 6) is -0.223. The number of hydrogen-bond acceptors (Lipinski definition) is 5. The van der Waals surface area contributed by atoms with Crippen LogP contribution in [0.5, 0.6) is 0 Å². The summed E-state index contributed by atoms with van der Waals surface area (Å²) in [7, 11) is 0. The van der Waals surface area contributed by atoms with Gasteiger partial charge in [0.1, 0.15) is 5.69 Å². The average molecular weight is 391 g/mol. The molecule has 1 aliphatic heterocycles. The van der Waals surface area contributed by atoms with Crippen LogP contribution in [-0.4, -0.2) is 35.4 Å². The van der Waals surface area contributed by atoms with Gasteiger partial charge in [-0.2, -0.15) is 0 Å². The van der Waals surface area contributed by atoms with E-state index in [-0.39, 0.29) is 41.3 Å². The number of amides is 1. The zero-order valence-electron chi connectivity index (χ0n) is 15.1. The molecule has 1 aliphatic rings. The van der Waals surface area contributed by atoms with E-state index in [1.807, 2.05) is 12.1 Å². The van der Waals surface area contributed by atoms with E-state index in [0.29, 0.717) is 19.6 Å². The normalized spacial score (nSPS) is 16.5. The molecule has 0 radical (unpaired) electrons. The van der Waals surface area contributed by atoms with Crippen LogP contribution in [0.15, 0.2) is 42.5 Å². The van der Waals surface area contributed by atoms with Crippen molar-refractivity contribution in [3.05, 3.63) is 69.3 Å². The predicted molar refractivity (Wildman–Crippen MR) is 107 cm³/mol. The first kappa shape index (κ1) is 20.7. The maximum Gasteiger partial charge on any atom is 0.292 e. The van der Waals surface area contributed by atoms with Crippen LogP contribution in [0.1, 0.15) is 34.5 Å². The first-order valence-corrected chi connectivity index (χ1v) is 8.65. The van der Waals surface area contributed by atoms with Crippen LogP contribution in [-0.2, 0) is 6.42 Å². The van der Waals surface area contributed by atoms with Crippen LogP contribution in [0.25, 0.3) is 0 Å². The first-order valence-electron chi connectivity index (χ1n) is 8.65. The number of carbonyl (C=O) groups is 1. The predicted octanol–water partition coefficient (Wildman–Crippen LogP) is 2.95. The largest absolute Gasteiger partial charge is 0.393 e. The summed E-state index contributed by atoms with van der Waals surface area (Å²) in [5.41, 5.74) is 8.02. The van der Waals surface area contributed by atoms with E-state index in [2.05, 4.69) is 24.4 Å². The Kier molecular flexibility index (Phi) is 6.76. The second-order valence-electron chi connectivity index (χ2n) is 6.34. The smallest absolute Gasteiger partial charge is 0.292 e. The Morgan fingerprint density at radius 3 is 2.63 bits per heavy atom. The number of hydrogen-bond donors (Lipinski definition) is 2. The Morgan fingerprint density at radius 1 is 1.30 bits per heavy atom. The van der Waals surface area contributed by atoms with Gasteiger partial charge in [0, 0.05) is 31.3 Å². The van der Waals surface area contributed by atoms with Gasteiger partial charge in [-0.3, -0.25) is 14.9 Å². The number of nitrogen functional groups attached to an aromatic ring is 1. The van der Waals surface area contributed by atoms with E-state index in [4.69, 9.17) is 5.73 Å². The summed E-state index contributed by atoms with van der Waals surface area (Å²) < 4.78 is 0. The number of anilines is 1. The molecular weight excluding hydrogens is 368 g/mol. The minimum Gasteiger partial charge on any atom is -0.393 e. The second kappa shape index (κ2) is 8.83. The highest BCUT2D eigenvalue weighted by atomic mass is 35.5. The van der Waals surface area contributed by atoms with E-state index >= 15 is 0 Å². The van der Waals surface area contributed by atoms with Crippen LogP contribution >= 0.6 is 12.4 Å². The SMILES string of the molecule is CCc1ccc(C2CNCCN2C(=O)c2ccc(N)c([N+](=O)[O-])c2)cc1.Cl. The third kappa shape index (κ3) is 4.37. The van der Waals surface area contributed by atoms with Crippen LogP contribution < -0.4 is 11.1 Å². The number of rotatable bonds is 4. The van der Waals surface area contributed by atoms with Gasteiger partial charge in [0.2, 0.25) is 0 Å². The molecular formula is C19H23ClN4O3. The van der Waals surface area contributed by atoms with E-state index < -0.39 is 4.92 Å². The van der Waals surface area contributed by atoms with E-state index in [0.717, 1.165) is 12.0 Å². The lowest BCUT2D eigenvalue weighted by Crippen LogP contribution is -2.48. The average Bonchev–Trinajstić information content (AvgIpc) is 2.67. The van der Waals surface area contributed by atoms with Crippen molar-refractivity contribution in [1.82, 2.24) is 10.2 Å². The molecule has 2 aromatic rings. The summed E-state index contributed by atoms with van der Waals surface area (Å²) in [6, 6.07) is 12.3. The fourth-order valence-electron chi connectivity index (χ4n) is 3.22. The van der Waals surface area contributed by atoms with Gasteiger partial charge in [0.05, 0.1) is 11.0 Å². The summed E-state index contributed by atoms with van der Waals surface area (Å²) >= 11 is 0. The Hall–Kier alpha value is -2.64. The fraction of sp³-hybridized carbons (Fsp3) is 0.316. The fourth-order valence-corrected chi connectivity index (χ4v) is 3.22. The maximum absolute atomic E-state index is 13.0. The molecule has 3 N–H and O–H groups in total. The third-order valence-electron chi connectivity index (χ3n) is 4.75. The van der Waals surface area contributed by atoms with Crippen molar-refractivity contribution in [2.45, 2.75) is 19.4 Å². The third-order valence-corrected chi connectivity index (χ3v) is 4.75. The molecule has 0 saturated carbocycles. The summed E-state index contributed by atoms with van der Waals surface area (Å²) in [6.45, 7) is 3.97. The molecule has 2 aromatic carbocycles. The second-order valence-corrected chi connectivity index (χ2v) is 6.34. The quantitative estimate of drug-likeness (QED) is 0.474. The number of piperazine rings is 1. The lowest BCUT2D eigenvalue weighted by Gasteiger charge is -2.36. The zero-order chi connectivity index (χ0) is 18.7. The standard InChI is InChI=1S/C19H22N4O3.ClH/c1-2-13-3-5-14(6-4-13)18-12-21-9-10-22(18)19(24)15-7-8-16(20)17(11-15)23(25)26;/h3-8,11,18,21H,2,9-10,12,20H2,1H3;1H. The number of benzene rings is 2. The zero-order valence-corrected chi connectivity index (χ0v) is 15.9. The van der Waals surface area contributed by atoms with Gasteiger partial charge in [-0.25, -0.2) is 0 Å². The van der Waals surface area contributed by atoms with E-state index in [1.165, 1.54) is 17.7 Å². The summed E-state index contributed by atoms with van der Waals surface area (Å²) in [4.78, 5) is 25.3. The van der Waals surface area contributed by atoms with Crippen LogP contribution in [0.4, 0.5) is 11.4 Å². The van der Waals surface area contributed by atoms with Gasteiger partial charge in [-0.05, 0) is 29.7 Å². The topological polar surface area (TPSA) is 102 Å². The molecule has 1 fully saturated rings. The Balaban J connectivity index is 0.00000261. The van der Waals surface area contributed by atoms with Gasteiger partial charge in [-0.1, -0.05) is 31.2 Å². The van der Waals surface area contributed by atoms with Crippen LogP contribution in [0, 0.1) is 10.1 Å². The van der Waals surface area contributed by atoms with Gasteiger partial charge in [-0.15, -0.1) is 12.4 Å². The molecule has 0 aromatic heterocycles. The molecule has 7 nitrogen and oxygen atoms in total. The lowest BCUT2D eigenvalue weighted by molar-refractivity contribution is -0.383. The Morgan fingerprint density at radius 2 is 2.00 bits per heavy atom. The molecule has 1 unspecified atom stereocenters. The molecule has 0 spiro atoms. The maximum atomic E-state index is 13.0. The molecule has 144 valence electrons. The lowest BCUT2D eigenvalue weighted by atomic mass is 10.00. The van der Waals surface area contributed by atoms with Crippen molar-refractivity contribution >= 4 is 29.7 Å². The van der Waals surface area contributed by atoms with Gasteiger partial charge in [0.15, 0.2) is 0 Å². The number of nitrogens with one attached hydrogen (secondary N) is 1. The molecule has 0 aliphatic carbocycles. The summed E-state index contributed by atoms with van der Waals surface area (Å²) in [5, 5.41) is 14.4. The minimum absolute atomic E-state index is 0. The molecule has 8 heteroatoms. The molecule has 1 amide bonds. The van der Waals surface area contributed by atoms with Crippen molar-refractivity contribution in [3.63, 3.8) is 0 Å². The van der Waals surface area contributed by atoms with Crippen LogP contribution in [0.2, 0.25) is 0 Å². The van der Waals surface area contributed by atoms with E-state index in [9.17, 15) is 14.9 Å². The molecule has 1 atom stereocenters. The highest BCUT2D eigenvalue weighted by molar-refractivity contribution is 5.96. The Bertz CT molecular complexity index is 826. The van der Waals surface area contributed by atoms with Crippen molar-refractivity contribution in [2.75, 3.05) is 25.4 Å². The van der Waals surface area contributed by atoms with Crippen molar-refractivity contribution in [1.29, 1.82) is 0 Å². The number of nitrogens with zero attached hydrogens (tertiary/aromatic N) is 2. The first-order chi connectivity index (χ1) is 12.5. The number of nitro benzene ring substituents is 1. The van der Waals surface area contributed by atoms with Crippen LogP contribution in [0.3, 0.4) is 0 Å².